The van der Waals surface area contributed by atoms with Gasteiger partial charge in [0.15, 0.2) is 5.79 Å². The smallest absolute Gasteiger partial charge is 0.171 e. The molecule has 4 aliphatic carbocycles. The lowest BCUT2D eigenvalue weighted by Gasteiger charge is -2.54. The average Bonchev–Trinajstić information content (AvgIpc) is 3.04. The van der Waals surface area contributed by atoms with Crippen molar-refractivity contribution in [2.24, 2.45) is 35.0 Å². The minimum atomic E-state index is -0.384. The lowest BCUT2D eigenvalue weighted by Crippen LogP contribution is -2.49. The zero-order valence-corrected chi connectivity index (χ0v) is 21.9. The molecule has 0 saturated heterocycles. The molecule has 7 unspecified atom stereocenters. The summed E-state index contributed by atoms with van der Waals surface area (Å²) in [4.78, 5) is 0. The fourth-order valence-corrected chi connectivity index (χ4v) is 7.20. The van der Waals surface area contributed by atoms with Crippen molar-refractivity contribution in [3.63, 3.8) is 0 Å². The van der Waals surface area contributed by atoms with Crippen LogP contribution in [-0.4, -0.2) is 30.7 Å². The van der Waals surface area contributed by atoms with E-state index in [2.05, 4.69) is 40.7 Å². The summed E-state index contributed by atoms with van der Waals surface area (Å²) < 4.78 is 11.8. The average molecular weight is 437 g/mol. The maximum Gasteiger partial charge on any atom is 0.171 e. The van der Waals surface area contributed by atoms with Crippen LogP contribution in [0, 0.1) is 35.0 Å². The molecular weight excluding hydrogens is 384 g/mol. The van der Waals surface area contributed by atoms with Crippen molar-refractivity contribution in [3.05, 3.63) is 11.6 Å². The first-order valence-electron chi connectivity index (χ1n) is 13.4. The van der Waals surface area contributed by atoms with E-state index in [1.165, 1.54) is 44.9 Å². The summed E-state index contributed by atoms with van der Waals surface area (Å²) in [6.07, 6.45) is 13.1. The molecule has 0 aromatic carbocycles. The zero-order chi connectivity index (χ0) is 23.2. The summed E-state index contributed by atoms with van der Waals surface area (Å²) in [6, 6.07) is 0. The topological polar surface area (TPSA) is 38.7 Å². The van der Waals surface area contributed by atoms with Crippen LogP contribution in [0.1, 0.15) is 106 Å². The Morgan fingerprint density at radius 1 is 1.06 bits per heavy atom. The van der Waals surface area contributed by atoms with Gasteiger partial charge in [0, 0.05) is 26.6 Å². The van der Waals surface area contributed by atoms with E-state index in [1.54, 1.807) is 12.7 Å². The van der Waals surface area contributed by atoms with Crippen molar-refractivity contribution in [3.8, 4) is 0 Å². The molecule has 4 aliphatic rings. The molecule has 31 heavy (non-hydrogen) atoms. The SMILES string of the molecule is CC.CCCC.CCOC1(OC)CCC2C(=CCC3C2CCC2(C)C3C[C@@H](C)C2O)C1. The number of unbranched alkanes of at least 4 members (excludes halogenated alkanes) is 1. The number of fused-ring (bicyclic) bond motifs is 5. The van der Waals surface area contributed by atoms with Gasteiger partial charge in [-0.1, -0.05) is 66.0 Å². The highest BCUT2D eigenvalue weighted by molar-refractivity contribution is 5.21. The molecule has 0 aliphatic heterocycles. The Morgan fingerprint density at radius 3 is 2.32 bits per heavy atom. The molecule has 8 atom stereocenters. The van der Waals surface area contributed by atoms with Gasteiger partial charge in [0.05, 0.1) is 6.10 Å². The maximum absolute atomic E-state index is 10.8. The van der Waals surface area contributed by atoms with Crippen molar-refractivity contribution in [1.82, 2.24) is 0 Å². The Morgan fingerprint density at radius 2 is 1.74 bits per heavy atom. The normalized spacial score (nSPS) is 43.2. The van der Waals surface area contributed by atoms with Crippen molar-refractivity contribution < 1.29 is 14.6 Å². The first-order valence-corrected chi connectivity index (χ1v) is 13.4. The molecule has 3 nitrogen and oxygen atoms in total. The van der Waals surface area contributed by atoms with Crippen molar-refractivity contribution in [2.75, 3.05) is 13.7 Å². The van der Waals surface area contributed by atoms with Crippen LogP contribution < -0.4 is 0 Å². The van der Waals surface area contributed by atoms with Gasteiger partial charge in [0.1, 0.15) is 0 Å². The molecule has 0 radical (unpaired) electrons. The number of allylic oxidation sites excluding steroid dienone is 1. The molecule has 0 spiro atoms. The monoisotopic (exact) mass is 436 g/mol. The number of ether oxygens (including phenoxy) is 2. The van der Waals surface area contributed by atoms with E-state index in [4.69, 9.17) is 9.47 Å². The van der Waals surface area contributed by atoms with Crippen LogP contribution in [0.2, 0.25) is 0 Å². The van der Waals surface area contributed by atoms with Crippen LogP contribution in [-0.2, 0) is 9.47 Å². The third-order valence-electron chi connectivity index (χ3n) is 9.00. The number of methoxy groups -OCH3 is 1. The molecule has 0 bridgehead atoms. The molecule has 3 saturated carbocycles. The molecule has 0 amide bonds. The minimum absolute atomic E-state index is 0.103. The first kappa shape index (κ1) is 26.9. The second-order valence-electron chi connectivity index (χ2n) is 10.5. The number of aliphatic hydroxyl groups is 1. The lowest BCUT2D eigenvalue weighted by molar-refractivity contribution is -0.234. The van der Waals surface area contributed by atoms with E-state index in [-0.39, 0.29) is 17.3 Å². The zero-order valence-electron chi connectivity index (χ0n) is 21.9. The second-order valence-corrected chi connectivity index (χ2v) is 10.5. The van der Waals surface area contributed by atoms with Gasteiger partial charge in [-0.05, 0) is 74.0 Å². The number of rotatable bonds is 4. The Bertz CT molecular complexity index is 571. The van der Waals surface area contributed by atoms with Gasteiger partial charge in [-0.15, -0.1) is 0 Å². The molecule has 0 heterocycles. The van der Waals surface area contributed by atoms with Crippen LogP contribution in [0.4, 0.5) is 0 Å². The van der Waals surface area contributed by atoms with Gasteiger partial charge in [-0.3, -0.25) is 0 Å². The summed E-state index contributed by atoms with van der Waals surface area (Å²) in [5.41, 5.74) is 1.75. The van der Waals surface area contributed by atoms with E-state index < -0.39 is 0 Å². The molecule has 3 fully saturated rings. The largest absolute Gasteiger partial charge is 0.392 e. The Hall–Kier alpha value is -0.380. The standard InChI is InChI=1S/C22H36O3.C4H10.C2H6/c1-5-25-22(24-4)11-9-16-15(13-22)6-7-18-17(16)8-10-21(3)19(18)12-14(2)20(21)23;1-3-4-2;1-2/h6,14,16-20,23H,5,7-13H2,1-4H3;3-4H2,1-2H3;1-2H3/t14-,16?,17?,18?,19?,20?,21?,22?;;/m1../s1. The van der Waals surface area contributed by atoms with Gasteiger partial charge in [0.25, 0.3) is 0 Å². The van der Waals surface area contributed by atoms with Crippen LogP contribution in [0.15, 0.2) is 11.6 Å². The van der Waals surface area contributed by atoms with Gasteiger partial charge in [-0.2, -0.15) is 0 Å². The van der Waals surface area contributed by atoms with Gasteiger partial charge < -0.3 is 14.6 Å². The molecule has 182 valence electrons. The van der Waals surface area contributed by atoms with Crippen LogP contribution >= 0.6 is 0 Å². The third kappa shape index (κ3) is 5.25. The second kappa shape index (κ2) is 11.7. The van der Waals surface area contributed by atoms with Crippen molar-refractivity contribution in [1.29, 1.82) is 0 Å². The lowest BCUT2D eigenvalue weighted by atomic mass is 9.52. The fraction of sp³-hybridized carbons (Fsp3) is 0.929. The molecule has 4 rings (SSSR count). The molecule has 0 aromatic heterocycles. The summed E-state index contributed by atoms with van der Waals surface area (Å²) in [7, 11) is 1.80. The summed E-state index contributed by atoms with van der Waals surface area (Å²) >= 11 is 0. The van der Waals surface area contributed by atoms with E-state index in [9.17, 15) is 5.11 Å². The Labute approximate surface area is 193 Å². The van der Waals surface area contributed by atoms with E-state index in [0.717, 1.165) is 30.6 Å². The molecule has 1 N–H and O–H groups in total. The highest BCUT2D eigenvalue weighted by Crippen LogP contribution is 2.63. The summed E-state index contributed by atoms with van der Waals surface area (Å²) in [5.74, 6) is 3.09. The van der Waals surface area contributed by atoms with Crippen LogP contribution in [0.25, 0.3) is 0 Å². The third-order valence-corrected chi connectivity index (χ3v) is 9.00. The van der Waals surface area contributed by atoms with Crippen LogP contribution in [0.5, 0.6) is 0 Å². The minimum Gasteiger partial charge on any atom is -0.392 e. The molecular formula is C28H52O3. The van der Waals surface area contributed by atoms with Crippen molar-refractivity contribution >= 4 is 0 Å². The highest BCUT2D eigenvalue weighted by Gasteiger charge is 2.58. The quantitative estimate of drug-likeness (QED) is 0.369. The van der Waals surface area contributed by atoms with E-state index in [0.29, 0.717) is 18.4 Å². The first-order chi connectivity index (χ1) is 14.9. The van der Waals surface area contributed by atoms with Gasteiger partial charge in [0.2, 0.25) is 0 Å². The highest BCUT2D eigenvalue weighted by atomic mass is 16.7. The number of hydrogen-bond acceptors (Lipinski definition) is 3. The summed E-state index contributed by atoms with van der Waals surface area (Å²) in [5, 5.41) is 10.8. The van der Waals surface area contributed by atoms with E-state index in [1.807, 2.05) is 13.8 Å². The predicted molar refractivity (Wildman–Crippen MR) is 131 cm³/mol. The number of aliphatic hydroxyl groups excluding tert-OH is 1. The Balaban J connectivity index is 0.000000513. The molecule has 3 heteroatoms. The van der Waals surface area contributed by atoms with Crippen LogP contribution in [0.3, 0.4) is 0 Å². The van der Waals surface area contributed by atoms with E-state index >= 15 is 0 Å². The number of hydrogen-bond donors (Lipinski definition) is 1. The fourth-order valence-electron chi connectivity index (χ4n) is 7.20. The maximum atomic E-state index is 10.8. The predicted octanol–water partition coefficient (Wildman–Crippen LogP) is 7.38. The van der Waals surface area contributed by atoms with Gasteiger partial charge in [-0.25, -0.2) is 0 Å². The van der Waals surface area contributed by atoms with Gasteiger partial charge >= 0.3 is 0 Å². The molecule has 0 aromatic rings. The summed E-state index contributed by atoms with van der Waals surface area (Å²) in [6.45, 7) is 15.8. The Kier molecular flexibility index (Phi) is 10.1. The van der Waals surface area contributed by atoms with Crippen molar-refractivity contribution in [2.45, 2.75) is 118 Å².